The van der Waals surface area contributed by atoms with Gasteiger partial charge in [0.2, 0.25) is 0 Å². The first kappa shape index (κ1) is 34.7. The topological polar surface area (TPSA) is 29.0 Å². The molecule has 3 aliphatic carbocycles. The highest BCUT2D eigenvalue weighted by molar-refractivity contribution is 6.23. The average molecular weight is 782 g/mol. The van der Waals surface area contributed by atoms with Crippen LogP contribution in [-0.4, -0.2) is 9.97 Å². The number of benzene rings is 8. The molecule has 0 radical (unpaired) electrons. The molecule has 2 heterocycles. The third-order valence-electron chi connectivity index (χ3n) is 14.1. The largest absolute Gasteiger partial charge is 0.332 e. The molecule has 0 spiro atoms. The third-order valence-corrected chi connectivity index (χ3v) is 14.1. The van der Waals surface area contributed by atoms with E-state index in [0.717, 1.165) is 65.2 Å². The smallest absolute Gasteiger partial charge is 0.0979 e. The number of rotatable bonds is 5. The Labute approximate surface area is 355 Å². The summed E-state index contributed by atoms with van der Waals surface area (Å²) in [6, 6.07) is 59.1. The molecule has 13 rings (SSSR count). The second-order valence-corrected chi connectivity index (χ2v) is 17.5. The van der Waals surface area contributed by atoms with Crippen LogP contribution in [0.25, 0.3) is 77.9 Å². The van der Waals surface area contributed by atoms with Gasteiger partial charge in [0, 0.05) is 38.5 Å². The molecule has 9 aromatic rings. The molecule has 1 aromatic heterocycles. The first-order valence-electron chi connectivity index (χ1n) is 22.0. The zero-order valence-electron chi connectivity index (χ0n) is 33.9. The normalized spacial score (nSPS) is 18.7. The van der Waals surface area contributed by atoms with E-state index in [2.05, 4.69) is 181 Å². The van der Waals surface area contributed by atoms with Crippen LogP contribution in [0.15, 0.2) is 176 Å². The second-order valence-electron chi connectivity index (χ2n) is 17.5. The van der Waals surface area contributed by atoms with E-state index < -0.39 is 0 Å². The van der Waals surface area contributed by atoms with Gasteiger partial charge in [0.05, 0.1) is 29.0 Å². The molecule has 8 aromatic carbocycles. The lowest BCUT2D eigenvalue weighted by Crippen LogP contribution is -2.37. The Morgan fingerprint density at radius 3 is 2.02 bits per heavy atom. The fourth-order valence-electron chi connectivity index (χ4n) is 11.1. The number of hydrogen-bond donors (Lipinski definition) is 0. The van der Waals surface area contributed by atoms with Crippen molar-refractivity contribution in [3.63, 3.8) is 0 Å². The van der Waals surface area contributed by atoms with Gasteiger partial charge in [-0.25, -0.2) is 4.98 Å². The molecular formula is C58H43N3. The van der Waals surface area contributed by atoms with E-state index in [0.29, 0.717) is 17.9 Å². The van der Waals surface area contributed by atoms with Crippen LogP contribution in [0.5, 0.6) is 0 Å². The van der Waals surface area contributed by atoms with Gasteiger partial charge in [-0.1, -0.05) is 158 Å². The summed E-state index contributed by atoms with van der Waals surface area (Å²) in [5.74, 6) is 0.826. The van der Waals surface area contributed by atoms with Gasteiger partial charge in [-0.3, -0.25) is 4.98 Å². The van der Waals surface area contributed by atoms with Gasteiger partial charge in [-0.2, -0.15) is 0 Å². The average Bonchev–Trinajstić information content (AvgIpc) is 4.11. The molecule has 3 heteroatoms. The van der Waals surface area contributed by atoms with Crippen LogP contribution >= 0.6 is 0 Å². The van der Waals surface area contributed by atoms with Gasteiger partial charge in [0.1, 0.15) is 0 Å². The standard InChI is InChI=1S/C58H43N3/c1-2-15-38(41-19-10-20-43(33-41)52-35-59-56-48-24-7-5-22-45(48)46-23-6-8-25-49(46)57(56)60-52)31-37(14-1)39-17-9-18-40(32-39)42-29-30-54-51(34-42)47-26-12-27-50-55(47)58(50)61(54)53-28-11-16-36-13-3-4-21-44(36)53/h1-10,12-13,16-27,29-30,32-35,37-38,58H,11,14-15,28,31H2. The Morgan fingerprint density at radius 2 is 1.21 bits per heavy atom. The quantitative estimate of drug-likeness (QED) is 0.129. The molecule has 3 nitrogen and oxygen atoms in total. The molecule has 290 valence electrons. The van der Waals surface area contributed by atoms with Crippen LogP contribution in [-0.2, 0) is 0 Å². The highest BCUT2D eigenvalue weighted by Crippen LogP contribution is 2.60. The zero-order chi connectivity index (χ0) is 40.0. The van der Waals surface area contributed by atoms with Gasteiger partial charge in [-0.15, -0.1) is 0 Å². The van der Waals surface area contributed by atoms with Crippen molar-refractivity contribution in [3.05, 3.63) is 209 Å². The molecule has 0 fully saturated rings. The van der Waals surface area contributed by atoms with Crippen molar-refractivity contribution in [1.82, 2.24) is 9.97 Å². The SMILES string of the molecule is C1=CCC(c2cccc(-c3cnc4c5ccccc5c5ccccc5c4n3)c2)CC(c2cccc(-c3ccc4c(c3)-c3cccc5c3C5N4C3=c4ccccc4=CCC3)c2)C1. The number of aromatic nitrogens is 2. The summed E-state index contributed by atoms with van der Waals surface area (Å²) < 4.78 is 0. The van der Waals surface area contributed by atoms with Crippen LogP contribution < -0.4 is 15.3 Å². The highest BCUT2D eigenvalue weighted by atomic mass is 15.2. The van der Waals surface area contributed by atoms with Gasteiger partial charge in [-0.05, 0) is 117 Å². The van der Waals surface area contributed by atoms with Crippen LogP contribution in [0.4, 0.5) is 5.69 Å². The number of nitrogens with zero attached hydrogens (tertiary/aromatic N) is 3. The van der Waals surface area contributed by atoms with Crippen molar-refractivity contribution in [2.45, 2.75) is 50.0 Å². The number of fused-ring (bicyclic) bond motifs is 10. The van der Waals surface area contributed by atoms with E-state index in [-0.39, 0.29) is 0 Å². The third kappa shape index (κ3) is 5.57. The lowest BCUT2D eigenvalue weighted by molar-refractivity contribution is 0.552. The predicted octanol–water partition coefficient (Wildman–Crippen LogP) is 13.2. The number of hydrogen-bond acceptors (Lipinski definition) is 3. The summed E-state index contributed by atoms with van der Waals surface area (Å²) in [6.45, 7) is 0. The predicted molar refractivity (Wildman–Crippen MR) is 253 cm³/mol. The molecule has 3 atom stereocenters. The molecule has 0 amide bonds. The van der Waals surface area contributed by atoms with E-state index in [1.54, 1.807) is 0 Å². The Bertz CT molecular complexity index is 3410. The minimum absolute atomic E-state index is 0.353. The van der Waals surface area contributed by atoms with E-state index in [1.165, 1.54) is 77.1 Å². The van der Waals surface area contributed by atoms with Crippen LogP contribution in [0.1, 0.15) is 72.2 Å². The minimum Gasteiger partial charge on any atom is -0.332 e. The highest BCUT2D eigenvalue weighted by Gasteiger charge is 2.46. The molecule has 61 heavy (non-hydrogen) atoms. The molecule has 0 saturated heterocycles. The van der Waals surface area contributed by atoms with Gasteiger partial charge in [0.25, 0.3) is 0 Å². The molecule has 3 unspecified atom stereocenters. The zero-order valence-corrected chi connectivity index (χ0v) is 33.9. The summed E-state index contributed by atoms with van der Waals surface area (Å²) in [7, 11) is 0. The molecule has 4 aliphatic rings. The summed E-state index contributed by atoms with van der Waals surface area (Å²) in [6.07, 6.45) is 14.5. The van der Waals surface area contributed by atoms with Gasteiger partial charge in [0.15, 0.2) is 0 Å². The first-order valence-corrected chi connectivity index (χ1v) is 22.0. The summed E-state index contributed by atoms with van der Waals surface area (Å²) >= 11 is 0. The van der Waals surface area contributed by atoms with Gasteiger partial charge >= 0.3 is 0 Å². The first-order chi connectivity index (χ1) is 30.2. The maximum Gasteiger partial charge on any atom is 0.0979 e. The lowest BCUT2D eigenvalue weighted by atomic mass is 9.82. The van der Waals surface area contributed by atoms with E-state index in [1.807, 2.05) is 6.20 Å². The van der Waals surface area contributed by atoms with Crippen molar-refractivity contribution in [1.29, 1.82) is 0 Å². The molecular weight excluding hydrogens is 739 g/mol. The van der Waals surface area contributed by atoms with Crippen LogP contribution in [0.3, 0.4) is 0 Å². The maximum atomic E-state index is 5.33. The molecule has 0 bridgehead atoms. The lowest BCUT2D eigenvalue weighted by Gasteiger charge is -2.34. The number of allylic oxidation sites excluding steroid dienone is 2. The molecule has 1 aliphatic heterocycles. The maximum absolute atomic E-state index is 5.33. The van der Waals surface area contributed by atoms with Crippen molar-refractivity contribution >= 4 is 50.0 Å². The van der Waals surface area contributed by atoms with Crippen LogP contribution in [0, 0.1) is 0 Å². The van der Waals surface area contributed by atoms with Crippen molar-refractivity contribution in [3.8, 4) is 33.5 Å². The minimum atomic E-state index is 0.353. The summed E-state index contributed by atoms with van der Waals surface area (Å²) in [4.78, 5) is 13.1. The fraction of sp³-hybridized carbons (Fsp3) is 0.138. The van der Waals surface area contributed by atoms with E-state index >= 15 is 0 Å². The Balaban J connectivity index is 0.824. The summed E-state index contributed by atoms with van der Waals surface area (Å²) in [5.41, 5.74) is 17.8. The van der Waals surface area contributed by atoms with Crippen molar-refractivity contribution in [2.24, 2.45) is 0 Å². The molecule has 0 N–H and O–H groups in total. The van der Waals surface area contributed by atoms with Gasteiger partial charge < -0.3 is 4.90 Å². The second kappa shape index (κ2) is 13.7. The Kier molecular flexibility index (Phi) is 7.81. The Morgan fingerprint density at radius 1 is 0.541 bits per heavy atom. The summed E-state index contributed by atoms with van der Waals surface area (Å²) in [5, 5.41) is 7.47. The van der Waals surface area contributed by atoms with Crippen LogP contribution in [0.2, 0.25) is 0 Å². The Hall–Kier alpha value is -7.10. The van der Waals surface area contributed by atoms with E-state index in [9.17, 15) is 0 Å². The molecule has 0 saturated carbocycles. The monoisotopic (exact) mass is 781 g/mol. The number of anilines is 1. The van der Waals surface area contributed by atoms with Crippen molar-refractivity contribution < 1.29 is 0 Å². The van der Waals surface area contributed by atoms with Crippen molar-refractivity contribution in [2.75, 3.05) is 4.90 Å². The fourth-order valence-corrected chi connectivity index (χ4v) is 11.1. The van der Waals surface area contributed by atoms with E-state index in [4.69, 9.17) is 9.97 Å².